The van der Waals surface area contributed by atoms with Crippen LogP contribution >= 0.6 is 11.3 Å². The van der Waals surface area contributed by atoms with Crippen molar-refractivity contribution in [3.8, 4) is 10.6 Å². The van der Waals surface area contributed by atoms with Crippen LogP contribution in [0.2, 0.25) is 0 Å². The third kappa shape index (κ3) is 3.91. The molecule has 1 amide bonds. The minimum atomic E-state index is -0.119. The van der Waals surface area contributed by atoms with E-state index >= 15 is 0 Å². The Bertz CT molecular complexity index is 1010. The van der Waals surface area contributed by atoms with Gasteiger partial charge < -0.3 is 4.90 Å². The summed E-state index contributed by atoms with van der Waals surface area (Å²) in [6.07, 6.45) is 3.87. The fourth-order valence-corrected chi connectivity index (χ4v) is 4.31. The molecule has 1 aliphatic rings. The zero-order chi connectivity index (χ0) is 19.5. The van der Waals surface area contributed by atoms with Gasteiger partial charge in [-0.2, -0.15) is 10.2 Å². The Labute approximate surface area is 167 Å². The third-order valence-corrected chi connectivity index (χ3v) is 6.05. The number of aromatic nitrogens is 4. The van der Waals surface area contributed by atoms with E-state index in [4.69, 9.17) is 0 Å². The van der Waals surface area contributed by atoms with Gasteiger partial charge in [-0.15, -0.1) is 11.3 Å². The Morgan fingerprint density at radius 2 is 2.18 bits per heavy atom. The van der Waals surface area contributed by atoms with Gasteiger partial charge >= 0.3 is 0 Å². The number of aryl methyl sites for hydroxylation is 2. The first-order valence-electron chi connectivity index (χ1n) is 9.52. The smallest absolute Gasteiger partial charge is 0.267 e. The lowest BCUT2D eigenvalue weighted by Gasteiger charge is -2.33. The summed E-state index contributed by atoms with van der Waals surface area (Å²) in [5.74, 6) is 0.0991. The molecule has 3 aromatic rings. The average Bonchev–Trinajstić information content (AvgIpc) is 3.38. The number of likely N-dealkylation sites (tertiary alicyclic amines) is 1. The lowest BCUT2D eigenvalue weighted by molar-refractivity contribution is -0.133. The monoisotopic (exact) mass is 397 g/mol. The molecule has 4 rings (SSSR count). The molecule has 1 atom stereocenters. The quantitative estimate of drug-likeness (QED) is 0.664. The predicted molar refractivity (Wildman–Crippen MR) is 108 cm³/mol. The van der Waals surface area contributed by atoms with E-state index in [1.165, 1.54) is 0 Å². The maximum atomic E-state index is 12.7. The fourth-order valence-electron chi connectivity index (χ4n) is 3.62. The molecule has 3 aromatic heterocycles. The molecule has 0 bridgehead atoms. The van der Waals surface area contributed by atoms with E-state index in [-0.39, 0.29) is 17.5 Å². The van der Waals surface area contributed by atoms with Crippen molar-refractivity contribution in [3.63, 3.8) is 0 Å². The summed E-state index contributed by atoms with van der Waals surface area (Å²) in [5, 5.41) is 10.8. The van der Waals surface area contributed by atoms with Crippen LogP contribution in [0, 0.1) is 6.92 Å². The molecule has 0 unspecified atom stereocenters. The van der Waals surface area contributed by atoms with Crippen LogP contribution in [0.5, 0.6) is 0 Å². The topological polar surface area (TPSA) is 73.0 Å². The average molecular weight is 398 g/mol. The summed E-state index contributed by atoms with van der Waals surface area (Å²) in [5.41, 5.74) is 1.73. The number of thiophene rings is 1. The molecule has 146 valence electrons. The van der Waals surface area contributed by atoms with Crippen molar-refractivity contribution < 1.29 is 4.79 Å². The molecule has 7 nitrogen and oxygen atoms in total. The highest BCUT2D eigenvalue weighted by molar-refractivity contribution is 7.13. The van der Waals surface area contributed by atoms with Gasteiger partial charge in [-0.1, -0.05) is 6.07 Å². The summed E-state index contributed by atoms with van der Waals surface area (Å²) < 4.78 is 3.40. The minimum absolute atomic E-state index is 0.0865. The second kappa shape index (κ2) is 8.10. The molecule has 0 aliphatic carbocycles. The summed E-state index contributed by atoms with van der Waals surface area (Å²) in [6, 6.07) is 9.15. The van der Waals surface area contributed by atoms with E-state index in [0.717, 1.165) is 35.7 Å². The number of carbonyl (C=O) groups excluding carboxylic acids is 1. The molecule has 1 aliphatic heterocycles. The molecule has 4 heterocycles. The number of amides is 1. The molecule has 28 heavy (non-hydrogen) atoms. The second-order valence-corrected chi connectivity index (χ2v) is 8.01. The highest BCUT2D eigenvalue weighted by Crippen LogP contribution is 2.24. The van der Waals surface area contributed by atoms with E-state index in [9.17, 15) is 9.59 Å². The van der Waals surface area contributed by atoms with Crippen LogP contribution in [0.3, 0.4) is 0 Å². The van der Waals surface area contributed by atoms with Gasteiger partial charge in [0.25, 0.3) is 5.56 Å². The van der Waals surface area contributed by atoms with Gasteiger partial charge in [0.05, 0.1) is 10.9 Å². The van der Waals surface area contributed by atoms with Crippen LogP contribution in [0.25, 0.3) is 10.6 Å². The minimum Gasteiger partial charge on any atom is -0.340 e. The van der Waals surface area contributed by atoms with Gasteiger partial charge in [0.2, 0.25) is 5.91 Å². The van der Waals surface area contributed by atoms with Crippen molar-refractivity contribution in [1.29, 1.82) is 0 Å². The fraction of sp³-hybridized carbons (Fsp3) is 0.400. The predicted octanol–water partition coefficient (Wildman–Crippen LogP) is 2.73. The largest absolute Gasteiger partial charge is 0.340 e. The molecule has 1 fully saturated rings. The maximum Gasteiger partial charge on any atom is 0.267 e. The van der Waals surface area contributed by atoms with Crippen molar-refractivity contribution in [1.82, 2.24) is 24.5 Å². The zero-order valence-corrected chi connectivity index (χ0v) is 16.6. The molecule has 8 heteroatoms. The number of carbonyl (C=O) groups is 1. The van der Waals surface area contributed by atoms with Crippen molar-refractivity contribution in [2.75, 3.05) is 13.1 Å². The number of hydrogen-bond acceptors (Lipinski definition) is 5. The third-order valence-electron chi connectivity index (χ3n) is 5.16. The van der Waals surface area contributed by atoms with Crippen LogP contribution in [0.4, 0.5) is 0 Å². The van der Waals surface area contributed by atoms with E-state index < -0.39 is 0 Å². The van der Waals surface area contributed by atoms with Crippen molar-refractivity contribution >= 4 is 17.2 Å². The molecule has 0 N–H and O–H groups in total. The van der Waals surface area contributed by atoms with Crippen molar-refractivity contribution in [2.45, 2.75) is 38.8 Å². The number of rotatable bonds is 5. The second-order valence-electron chi connectivity index (χ2n) is 7.06. The summed E-state index contributed by atoms with van der Waals surface area (Å²) in [7, 11) is 0. The van der Waals surface area contributed by atoms with E-state index in [2.05, 4.69) is 10.2 Å². The summed E-state index contributed by atoms with van der Waals surface area (Å²) in [6.45, 7) is 3.81. The summed E-state index contributed by atoms with van der Waals surface area (Å²) >= 11 is 1.60. The SMILES string of the molecule is Cc1ccnn1CCC(=O)N1CCC[C@@H](n2nc(-c3cccs3)ccc2=O)C1. The molecule has 1 saturated heterocycles. The molecule has 0 saturated carbocycles. The summed E-state index contributed by atoms with van der Waals surface area (Å²) in [4.78, 5) is 28.0. The van der Waals surface area contributed by atoms with Gasteiger partial charge in [0, 0.05) is 44.0 Å². The standard InChI is InChI=1S/C20H23N5O2S/c1-15-8-10-21-24(15)12-9-19(26)23-11-2-4-16(14-23)25-20(27)7-6-17(22-25)18-5-3-13-28-18/h3,5-8,10,13,16H,2,4,9,11-12,14H2,1H3/t16-/m1/s1. The molecular formula is C20H23N5O2S. The molecule has 0 aromatic carbocycles. The van der Waals surface area contributed by atoms with Crippen LogP contribution in [0.1, 0.15) is 31.0 Å². The van der Waals surface area contributed by atoms with Crippen molar-refractivity contribution in [2.24, 2.45) is 0 Å². The first kappa shape index (κ1) is 18.6. The first-order valence-corrected chi connectivity index (χ1v) is 10.4. The van der Waals surface area contributed by atoms with Crippen LogP contribution in [-0.2, 0) is 11.3 Å². The zero-order valence-electron chi connectivity index (χ0n) is 15.8. The van der Waals surface area contributed by atoms with Crippen LogP contribution in [-0.4, -0.2) is 43.5 Å². The van der Waals surface area contributed by atoms with Gasteiger partial charge in [-0.25, -0.2) is 4.68 Å². The van der Waals surface area contributed by atoms with Gasteiger partial charge in [-0.3, -0.25) is 14.3 Å². The normalized spacial score (nSPS) is 17.0. The highest BCUT2D eigenvalue weighted by Gasteiger charge is 2.26. The van der Waals surface area contributed by atoms with Crippen LogP contribution < -0.4 is 5.56 Å². The maximum absolute atomic E-state index is 12.7. The molecule has 0 spiro atoms. The number of nitrogens with zero attached hydrogens (tertiary/aromatic N) is 5. The Morgan fingerprint density at radius 1 is 1.29 bits per heavy atom. The van der Waals surface area contributed by atoms with E-state index in [1.807, 2.05) is 40.1 Å². The first-order chi connectivity index (χ1) is 13.6. The Hall–Kier alpha value is -2.74. The molecule has 0 radical (unpaired) electrons. The van der Waals surface area contributed by atoms with Gasteiger partial charge in [0.15, 0.2) is 0 Å². The lowest BCUT2D eigenvalue weighted by atomic mass is 10.1. The lowest BCUT2D eigenvalue weighted by Crippen LogP contribution is -2.43. The molecular weight excluding hydrogens is 374 g/mol. The highest BCUT2D eigenvalue weighted by atomic mass is 32.1. The Balaban J connectivity index is 1.46. The van der Waals surface area contributed by atoms with Gasteiger partial charge in [-0.05, 0) is 43.3 Å². The Kier molecular flexibility index (Phi) is 5.38. The number of piperidine rings is 1. The van der Waals surface area contributed by atoms with Crippen LogP contribution in [0.15, 0.2) is 46.7 Å². The van der Waals surface area contributed by atoms with E-state index in [0.29, 0.717) is 19.5 Å². The van der Waals surface area contributed by atoms with Gasteiger partial charge in [0.1, 0.15) is 5.69 Å². The number of hydrogen-bond donors (Lipinski definition) is 0. The Morgan fingerprint density at radius 3 is 2.93 bits per heavy atom. The van der Waals surface area contributed by atoms with E-state index in [1.54, 1.807) is 34.3 Å². The van der Waals surface area contributed by atoms with Crippen molar-refractivity contribution in [3.05, 3.63) is 58.0 Å².